The van der Waals surface area contributed by atoms with E-state index in [0.29, 0.717) is 30.2 Å². The van der Waals surface area contributed by atoms with Crippen LogP contribution in [-0.4, -0.2) is 60.8 Å². The summed E-state index contributed by atoms with van der Waals surface area (Å²) in [5, 5.41) is 7.38. The molecule has 0 spiro atoms. The number of carbonyl (C=O) groups is 1. The smallest absolute Gasteiger partial charge is 0.256 e. The molecule has 4 rings (SSSR count). The number of carbonyl (C=O) groups excluding carboxylic acids is 1. The lowest BCUT2D eigenvalue weighted by Crippen LogP contribution is -2.40. The van der Waals surface area contributed by atoms with E-state index in [1.807, 2.05) is 30.3 Å². The van der Waals surface area contributed by atoms with E-state index < -0.39 is 10.0 Å². The second-order valence-corrected chi connectivity index (χ2v) is 9.76. The van der Waals surface area contributed by atoms with Gasteiger partial charge in [0.1, 0.15) is 5.82 Å². The summed E-state index contributed by atoms with van der Waals surface area (Å²) in [6.45, 7) is 1.12. The van der Waals surface area contributed by atoms with E-state index in [1.54, 1.807) is 29.2 Å². The molecule has 162 valence electrons. The molecular weight excluding hydrogens is 414 g/mol. The molecule has 1 saturated heterocycles. The van der Waals surface area contributed by atoms with Crippen LogP contribution in [-0.2, 0) is 10.0 Å². The molecule has 0 saturated carbocycles. The molecule has 2 heterocycles. The molecule has 3 aromatic rings. The van der Waals surface area contributed by atoms with Crippen LogP contribution in [0.1, 0.15) is 34.9 Å². The van der Waals surface area contributed by atoms with Crippen LogP contribution in [0.25, 0.3) is 11.4 Å². The minimum atomic E-state index is -3.48. The fourth-order valence-corrected chi connectivity index (χ4v) is 4.35. The fraction of sp³-hybridized carbons (Fsp3) is 0.318. The highest BCUT2D eigenvalue weighted by atomic mass is 32.2. The summed E-state index contributed by atoms with van der Waals surface area (Å²) in [4.78, 5) is 19.7. The summed E-state index contributed by atoms with van der Waals surface area (Å²) in [6.07, 6.45) is 2.86. The maximum atomic E-state index is 13.3. The molecule has 0 bridgehead atoms. The van der Waals surface area contributed by atoms with E-state index in [2.05, 4.69) is 15.2 Å². The van der Waals surface area contributed by atoms with Crippen LogP contribution in [0.4, 0.5) is 5.69 Å². The Morgan fingerprint density at radius 2 is 1.84 bits per heavy atom. The number of aromatic nitrogens is 3. The van der Waals surface area contributed by atoms with E-state index in [-0.39, 0.29) is 11.8 Å². The third-order valence-corrected chi connectivity index (χ3v) is 6.79. The van der Waals surface area contributed by atoms with Crippen molar-refractivity contribution in [3.8, 4) is 11.4 Å². The lowest BCUT2D eigenvalue weighted by molar-refractivity contribution is 0.0705. The van der Waals surface area contributed by atoms with Gasteiger partial charge in [-0.15, -0.1) is 0 Å². The summed E-state index contributed by atoms with van der Waals surface area (Å²) in [6, 6.07) is 16.5. The number of nitrogens with one attached hydrogen (secondary N) is 1. The molecule has 0 unspecified atom stereocenters. The topological polar surface area (TPSA) is 99.3 Å². The number of piperidine rings is 1. The summed E-state index contributed by atoms with van der Waals surface area (Å²) in [5.74, 6) is 1.26. The number of sulfonamides is 1. The van der Waals surface area contributed by atoms with Crippen LogP contribution in [0.2, 0.25) is 0 Å². The normalized spacial score (nSPS) is 16.8. The Bertz CT molecular complexity index is 1180. The van der Waals surface area contributed by atoms with Gasteiger partial charge in [-0.05, 0) is 25.0 Å². The first kappa shape index (κ1) is 21.0. The van der Waals surface area contributed by atoms with Crippen molar-refractivity contribution in [3.63, 3.8) is 0 Å². The number of anilines is 1. The van der Waals surface area contributed by atoms with Crippen LogP contribution in [0, 0.1) is 0 Å². The van der Waals surface area contributed by atoms with Gasteiger partial charge in [-0.1, -0.05) is 42.5 Å². The minimum absolute atomic E-state index is 0.0439. The molecule has 1 fully saturated rings. The van der Waals surface area contributed by atoms with Crippen molar-refractivity contribution in [1.29, 1.82) is 0 Å². The minimum Gasteiger partial charge on any atom is -0.338 e. The number of amides is 1. The first-order valence-corrected chi connectivity index (χ1v) is 12.0. The molecule has 1 N–H and O–H groups in total. The molecular formula is C22H25N5O3S. The molecule has 31 heavy (non-hydrogen) atoms. The summed E-state index contributed by atoms with van der Waals surface area (Å²) < 4.78 is 25.2. The average Bonchev–Trinajstić information content (AvgIpc) is 3.29. The van der Waals surface area contributed by atoms with E-state index in [0.717, 1.165) is 34.8 Å². The Labute approximate surface area is 182 Å². The molecule has 0 aliphatic carbocycles. The number of benzene rings is 2. The van der Waals surface area contributed by atoms with Crippen LogP contribution < -0.4 is 4.31 Å². The van der Waals surface area contributed by atoms with Crippen LogP contribution >= 0.6 is 0 Å². The third kappa shape index (κ3) is 4.46. The largest absolute Gasteiger partial charge is 0.338 e. The number of hydrogen-bond donors (Lipinski definition) is 1. The summed E-state index contributed by atoms with van der Waals surface area (Å²) in [5.41, 5.74) is 1.69. The molecule has 8 nitrogen and oxygen atoms in total. The lowest BCUT2D eigenvalue weighted by Gasteiger charge is -2.32. The van der Waals surface area contributed by atoms with Crippen LogP contribution in [0.3, 0.4) is 0 Å². The molecule has 1 aliphatic heterocycles. The maximum absolute atomic E-state index is 13.3. The van der Waals surface area contributed by atoms with Gasteiger partial charge in [-0.2, -0.15) is 5.10 Å². The molecule has 2 aromatic carbocycles. The second kappa shape index (κ2) is 8.50. The zero-order valence-electron chi connectivity index (χ0n) is 17.5. The van der Waals surface area contributed by atoms with E-state index in [1.165, 1.54) is 7.05 Å². The molecule has 1 amide bonds. The molecule has 1 atom stereocenters. The van der Waals surface area contributed by atoms with Gasteiger partial charge in [0.25, 0.3) is 5.91 Å². The number of likely N-dealkylation sites (tertiary alicyclic amines) is 1. The molecule has 0 radical (unpaired) electrons. The van der Waals surface area contributed by atoms with Gasteiger partial charge in [-0.25, -0.2) is 13.4 Å². The van der Waals surface area contributed by atoms with Gasteiger partial charge in [0.15, 0.2) is 5.82 Å². The highest BCUT2D eigenvalue weighted by molar-refractivity contribution is 7.92. The highest BCUT2D eigenvalue weighted by Gasteiger charge is 2.30. The quantitative estimate of drug-likeness (QED) is 0.659. The highest BCUT2D eigenvalue weighted by Crippen LogP contribution is 2.29. The first-order valence-electron chi connectivity index (χ1n) is 10.1. The van der Waals surface area contributed by atoms with Gasteiger partial charge >= 0.3 is 0 Å². The van der Waals surface area contributed by atoms with Crippen molar-refractivity contribution in [3.05, 3.63) is 66.0 Å². The van der Waals surface area contributed by atoms with Gasteiger partial charge < -0.3 is 4.90 Å². The van der Waals surface area contributed by atoms with Gasteiger partial charge in [-0.3, -0.25) is 14.2 Å². The lowest BCUT2D eigenvalue weighted by atomic mass is 9.96. The number of hydrogen-bond acceptors (Lipinski definition) is 5. The maximum Gasteiger partial charge on any atom is 0.256 e. The SMILES string of the molecule is CN(c1ccccc1C(=O)N1CCC[C@H](c2nc(-c3ccccc3)n[nH]2)C1)S(C)(=O)=O. The van der Waals surface area contributed by atoms with Gasteiger partial charge in [0, 0.05) is 31.6 Å². The fourth-order valence-electron chi connectivity index (χ4n) is 3.84. The number of para-hydroxylation sites is 1. The van der Waals surface area contributed by atoms with Crippen molar-refractivity contribution in [1.82, 2.24) is 20.1 Å². The van der Waals surface area contributed by atoms with Crippen LogP contribution in [0.15, 0.2) is 54.6 Å². The zero-order valence-corrected chi connectivity index (χ0v) is 18.3. The molecule has 1 aliphatic rings. The molecule has 1 aromatic heterocycles. The number of H-pyrrole nitrogens is 1. The van der Waals surface area contributed by atoms with Crippen molar-refractivity contribution >= 4 is 21.6 Å². The van der Waals surface area contributed by atoms with E-state index in [9.17, 15) is 13.2 Å². The molecule has 9 heteroatoms. The third-order valence-electron chi connectivity index (χ3n) is 5.60. The Kier molecular flexibility index (Phi) is 5.77. The first-order chi connectivity index (χ1) is 14.8. The summed E-state index contributed by atoms with van der Waals surface area (Å²) >= 11 is 0. The number of rotatable bonds is 5. The van der Waals surface area contributed by atoms with Crippen molar-refractivity contribution in [2.24, 2.45) is 0 Å². The Hall–Kier alpha value is -3.20. The number of nitrogens with zero attached hydrogens (tertiary/aromatic N) is 4. The monoisotopic (exact) mass is 439 g/mol. The Morgan fingerprint density at radius 3 is 2.58 bits per heavy atom. The van der Waals surface area contributed by atoms with Crippen molar-refractivity contribution in [2.45, 2.75) is 18.8 Å². The zero-order chi connectivity index (χ0) is 22.0. The van der Waals surface area contributed by atoms with Crippen molar-refractivity contribution < 1.29 is 13.2 Å². The second-order valence-electron chi connectivity index (χ2n) is 7.75. The Morgan fingerprint density at radius 1 is 1.13 bits per heavy atom. The van der Waals surface area contributed by atoms with Crippen molar-refractivity contribution in [2.75, 3.05) is 30.7 Å². The standard InChI is InChI=1S/C22H25N5O3S/c1-26(31(2,29)30)19-13-7-6-12-18(19)22(28)27-14-8-11-17(15-27)21-23-20(24-25-21)16-9-4-3-5-10-16/h3-7,9-10,12-13,17H,8,11,14-15H2,1-2H3,(H,23,24,25)/t17-/m0/s1. The number of aromatic amines is 1. The Balaban J connectivity index is 1.55. The van der Waals surface area contributed by atoms with E-state index in [4.69, 9.17) is 0 Å². The predicted octanol–water partition coefficient (Wildman–Crippen LogP) is 2.89. The summed E-state index contributed by atoms with van der Waals surface area (Å²) in [7, 11) is -2.02. The average molecular weight is 440 g/mol. The predicted molar refractivity (Wildman–Crippen MR) is 119 cm³/mol. The van der Waals surface area contributed by atoms with Gasteiger partial charge in [0.05, 0.1) is 17.5 Å². The van der Waals surface area contributed by atoms with Crippen LogP contribution in [0.5, 0.6) is 0 Å². The van der Waals surface area contributed by atoms with E-state index >= 15 is 0 Å². The van der Waals surface area contributed by atoms with Gasteiger partial charge in [0.2, 0.25) is 10.0 Å².